The van der Waals surface area contributed by atoms with Crippen LogP contribution in [0.2, 0.25) is 0 Å². The Morgan fingerprint density at radius 1 is 0.810 bits per heavy atom. The summed E-state index contributed by atoms with van der Waals surface area (Å²) in [5.74, 6) is 0.310. The standard InChI is InChI=1S/C16H13NO3S/c17-13-8-10-14(11-9-13)21(18,19)20-16-7-3-5-12-4-1-2-6-15(12)16/h1-11H,17H2. The van der Waals surface area contributed by atoms with Crippen molar-refractivity contribution in [1.82, 2.24) is 0 Å². The van der Waals surface area contributed by atoms with Crippen LogP contribution in [0.3, 0.4) is 0 Å². The van der Waals surface area contributed by atoms with Gasteiger partial charge in [-0.3, -0.25) is 0 Å². The van der Waals surface area contributed by atoms with Gasteiger partial charge in [-0.2, -0.15) is 8.42 Å². The number of nitrogens with two attached hydrogens (primary N) is 1. The second-order valence-electron chi connectivity index (χ2n) is 4.58. The Morgan fingerprint density at radius 3 is 2.24 bits per heavy atom. The first kappa shape index (κ1) is 13.5. The largest absolute Gasteiger partial charge is 0.399 e. The summed E-state index contributed by atoms with van der Waals surface area (Å²) in [6.45, 7) is 0. The molecule has 0 unspecified atom stereocenters. The Bertz CT molecular complexity index is 882. The summed E-state index contributed by atoms with van der Waals surface area (Å²) < 4.78 is 29.9. The number of anilines is 1. The highest BCUT2D eigenvalue weighted by atomic mass is 32.2. The van der Waals surface area contributed by atoms with Crippen LogP contribution in [0.5, 0.6) is 5.75 Å². The van der Waals surface area contributed by atoms with E-state index in [0.29, 0.717) is 11.4 Å². The van der Waals surface area contributed by atoms with Gasteiger partial charge in [-0.15, -0.1) is 0 Å². The third kappa shape index (κ3) is 2.68. The molecule has 0 aliphatic rings. The quantitative estimate of drug-likeness (QED) is 0.595. The van der Waals surface area contributed by atoms with Crippen molar-refractivity contribution in [2.24, 2.45) is 0 Å². The molecule has 0 atom stereocenters. The first-order chi connectivity index (χ1) is 10.1. The fourth-order valence-electron chi connectivity index (χ4n) is 2.07. The molecule has 5 heteroatoms. The maximum Gasteiger partial charge on any atom is 0.339 e. The lowest BCUT2D eigenvalue weighted by atomic mass is 10.1. The third-order valence-corrected chi connectivity index (χ3v) is 4.37. The molecule has 0 bridgehead atoms. The topological polar surface area (TPSA) is 69.4 Å². The van der Waals surface area contributed by atoms with Gasteiger partial charge in [0.05, 0.1) is 0 Å². The molecule has 0 saturated heterocycles. The van der Waals surface area contributed by atoms with E-state index in [4.69, 9.17) is 9.92 Å². The van der Waals surface area contributed by atoms with Crippen molar-refractivity contribution < 1.29 is 12.6 Å². The lowest BCUT2D eigenvalue weighted by Gasteiger charge is -2.09. The Balaban J connectivity index is 2.03. The van der Waals surface area contributed by atoms with Crippen LogP contribution in [0, 0.1) is 0 Å². The van der Waals surface area contributed by atoms with Gasteiger partial charge < -0.3 is 9.92 Å². The van der Waals surface area contributed by atoms with Crippen LogP contribution in [0.15, 0.2) is 71.6 Å². The first-order valence-corrected chi connectivity index (χ1v) is 7.75. The maximum atomic E-state index is 12.3. The van der Waals surface area contributed by atoms with Gasteiger partial charge in [-0.05, 0) is 35.7 Å². The van der Waals surface area contributed by atoms with E-state index >= 15 is 0 Å². The van der Waals surface area contributed by atoms with Crippen molar-refractivity contribution in [1.29, 1.82) is 0 Å². The summed E-state index contributed by atoms with van der Waals surface area (Å²) >= 11 is 0. The van der Waals surface area contributed by atoms with E-state index < -0.39 is 10.1 Å². The molecular weight excluding hydrogens is 286 g/mol. The number of hydrogen-bond donors (Lipinski definition) is 1. The van der Waals surface area contributed by atoms with Crippen LogP contribution >= 0.6 is 0 Å². The van der Waals surface area contributed by atoms with Crippen molar-refractivity contribution in [2.75, 3.05) is 5.73 Å². The summed E-state index contributed by atoms with van der Waals surface area (Å²) in [6.07, 6.45) is 0. The van der Waals surface area contributed by atoms with E-state index in [9.17, 15) is 8.42 Å². The number of nitrogen functional groups attached to an aromatic ring is 1. The molecule has 2 N–H and O–H groups in total. The molecule has 0 spiro atoms. The highest BCUT2D eigenvalue weighted by molar-refractivity contribution is 7.87. The highest BCUT2D eigenvalue weighted by Crippen LogP contribution is 2.28. The molecule has 0 saturated carbocycles. The third-order valence-electron chi connectivity index (χ3n) is 3.12. The van der Waals surface area contributed by atoms with E-state index in [1.807, 2.05) is 30.3 Å². The lowest BCUT2D eigenvalue weighted by Crippen LogP contribution is -2.10. The summed E-state index contributed by atoms with van der Waals surface area (Å²) in [6, 6.07) is 18.7. The zero-order chi connectivity index (χ0) is 14.9. The molecule has 0 aliphatic carbocycles. The predicted octanol–water partition coefficient (Wildman–Crippen LogP) is 3.19. The van der Waals surface area contributed by atoms with E-state index in [2.05, 4.69) is 0 Å². The zero-order valence-corrected chi connectivity index (χ0v) is 11.9. The summed E-state index contributed by atoms with van der Waals surface area (Å²) in [4.78, 5) is 0.0737. The molecule has 0 aliphatic heterocycles. The molecule has 0 amide bonds. The zero-order valence-electron chi connectivity index (χ0n) is 11.1. The summed E-state index contributed by atoms with van der Waals surface area (Å²) in [5, 5.41) is 1.67. The molecule has 0 fully saturated rings. The maximum absolute atomic E-state index is 12.3. The van der Waals surface area contributed by atoms with Gasteiger partial charge in [-0.1, -0.05) is 36.4 Å². The predicted molar refractivity (Wildman–Crippen MR) is 82.6 cm³/mol. The monoisotopic (exact) mass is 299 g/mol. The second-order valence-corrected chi connectivity index (χ2v) is 6.13. The lowest BCUT2D eigenvalue weighted by molar-refractivity contribution is 0.489. The van der Waals surface area contributed by atoms with Crippen LogP contribution in [-0.2, 0) is 10.1 Å². The molecule has 0 aromatic heterocycles. The van der Waals surface area contributed by atoms with Crippen LogP contribution in [0.1, 0.15) is 0 Å². The average Bonchev–Trinajstić information content (AvgIpc) is 2.48. The number of rotatable bonds is 3. The first-order valence-electron chi connectivity index (χ1n) is 6.34. The number of hydrogen-bond acceptors (Lipinski definition) is 4. The fourth-order valence-corrected chi connectivity index (χ4v) is 3.02. The molecule has 0 heterocycles. The van der Waals surface area contributed by atoms with Gasteiger partial charge in [-0.25, -0.2) is 0 Å². The molecular formula is C16H13NO3S. The van der Waals surface area contributed by atoms with Crippen LogP contribution in [-0.4, -0.2) is 8.42 Å². The molecule has 3 rings (SSSR count). The van der Waals surface area contributed by atoms with Crippen molar-refractivity contribution in [3.63, 3.8) is 0 Å². The molecule has 3 aromatic carbocycles. The van der Waals surface area contributed by atoms with Gasteiger partial charge in [0.15, 0.2) is 5.75 Å². The van der Waals surface area contributed by atoms with E-state index in [0.717, 1.165) is 10.8 Å². The Kier molecular flexibility index (Phi) is 3.27. The minimum atomic E-state index is -3.88. The van der Waals surface area contributed by atoms with Gasteiger partial charge in [0.25, 0.3) is 0 Å². The fraction of sp³-hybridized carbons (Fsp3) is 0. The average molecular weight is 299 g/mol. The smallest absolute Gasteiger partial charge is 0.339 e. The van der Waals surface area contributed by atoms with Gasteiger partial charge in [0.2, 0.25) is 0 Å². The van der Waals surface area contributed by atoms with E-state index in [1.54, 1.807) is 12.1 Å². The molecule has 3 aromatic rings. The number of fused-ring (bicyclic) bond motifs is 1. The van der Waals surface area contributed by atoms with Gasteiger partial charge in [0, 0.05) is 11.1 Å². The highest BCUT2D eigenvalue weighted by Gasteiger charge is 2.17. The summed E-state index contributed by atoms with van der Waals surface area (Å²) in [5.41, 5.74) is 6.06. The van der Waals surface area contributed by atoms with Crippen LogP contribution in [0.25, 0.3) is 10.8 Å². The van der Waals surface area contributed by atoms with Gasteiger partial charge >= 0.3 is 10.1 Å². The minimum Gasteiger partial charge on any atom is -0.399 e. The Labute approximate surface area is 122 Å². The minimum absolute atomic E-state index is 0.0737. The second kappa shape index (κ2) is 5.10. The van der Waals surface area contributed by atoms with Crippen LogP contribution < -0.4 is 9.92 Å². The summed E-state index contributed by atoms with van der Waals surface area (Å²) in [7, 11) is -3.88. The Hall–Kier alpha value is -2.53. The molecule has 21 heavy (non-hydrogen) atoms. The Morgan fingerprint density at radius 2 is 1.48 bits per heavy atom. The van der Waals surface area contributed by atoms with Crippen molar-refractivity contribution in [3.8, 4) is 5.75 Å². The van der Waals surface area contributed by atoms with Crippen molar-refractivity contribution in [2.45, 2.75) is 4.90 Å². The number of benzene rings is 3. The van der Waals surface area contributed by atoms with Crippen molar-refractivity contribution >= 4 is 26.6 Å². The SMILES string of the molecule is Nc1ccc(S(=O)(=O)Oc2cccc3ccccc23)cc1. The van der Waals surface area contributed by atoms with Crippen molar-refractivity contribution in [3.05, 3.63) is 66.7 Å². The molecule has 4 nitrogen and oxygen atoms in total. The van der Waals surface area contributed by atoms with Crippen LogP contribution in [0.4, 0.5) is 5.69 Å². The van der Waals surface area contributed by atoms with E-state index in [1.165, 1.54) is 24.3 Å². The molecule has 0 radical (unpaired) electrons. The van der Waals surface area contributed by atoms with Gasteiger partial charge in [0.1, 0.15) is 4.90 Å². The van der Waals surface area contributed by atoms with E-state index in [-0.39, 0.29) is 4.90 Å². The normalized spacial score (nSPS) is 11.4. The molecule has 106 valence electrons.